The maximum Gasteiger partial charge on any atom is 0.0837 e. The molecule has 1 heterocycles. The minimum atomic E-state index is 0.181. The molecule has 0 aromatic heterocycles. The summed E-state index contributed by atoms with van der Waals surface area (Å²) in [7, 11) is 0. The fourth-order valence-electron chi connectivity index (χ4n) is 1.61. The van der Waals surface area contributed by atoms with Gasteiger partial charge in [0.05, 0.1) is 5.60 Å². The van der Waals surface area contributed by atoms with Crippen molar-refractivity contribution in [3.8, 4) is 0 Å². The third kappa shape index (κ3) is 0.400. The number of fused-ring (bicyclic) bond motifs is 1. The summed E-state index contributed by atoms with van der Waals surface area (Å²) in [5.74, 6) is 0.826. The number of hydrogen-bond donors (Lipinski definition) is 1. The lowest BCUT2D eigenvalue weighted by Gasteiger charge is -2.06. The Hall–Kier alpha value is -0.0800. The molecule has 0 amide bonds. The molecule has 2 atom stereocenters. The topological polar surface area (TPSA) is 35.2 Å². The van der Waals surface area contributed by atoms with E-state index in [1.807, 2.05) is 0 Å². The van der Waals surface area contributed by atoms with E-state index in [9.17, 15) is 0 Å². The minimum absolute atomic E-state index is 0.181. The molecule has 2 aliphatic rings. The molecule has 0 spiro atoms. The van der Waals surface area contributed by atoms with Crippen LogP contribution in [0.5, 0.6) is 0 Å². The van der Waals surface area contributed by atoms with Crippen LogP contribution >= 0.6 is 0 Å². The van der Waals surface area contributed by atoms with Gasteiger partial charge in [0, 0.05) is 13.2 Å². The summed E-state index contributed by atoms with van der Waals surface area (Å²) in [6.45, 7) is 1.68. The van der Waals surface area contributed by atoms with Crippen LogP contribution in [0.1, 0.15) is 12.8 Å². The van der Waals surface area contributed by atoms with Gasteiger partial charge in [-0.15, -0.1) is 0 Å². The summed E-state index contributed by atoms with van der Waals surface area (Å²) < 4.78 is 5.44. The highest BCUT2D eigenvalue weighted by molar-refractivity contribution is 5.09. The second-order valence-corrected chi connectivity index (χ2v) is 2.81. The second kappa shape index (κ2) is 1.25. The highest BCUT2D eigenvalue weighted by Crippen LogP contribution is 2.52. The molecule has 2 heteroatoms. The largest absolute Gasteiger partial charge is 0.373 e. The third-order valence-corrected chi connectivity index (χ3v) is 2.38. The van der Waals surface area contributed by atoms with E-state index in [0.717, 1.165) is 19.1 Å². The molecule has 1 aliphatic carbocycles. The van der Waals surface area contributed by atoms with Crippen molar-refractivity contribution in [2.45, 2.75) is 18.4 Å². The Morgan fingerprint density at radius 2 is 2.62 bits per heavy atom. The van der Waals surface area contributed by atoms with Crippen molar-refractivity contribution in [1.82, 2.24) is 0 Å². The van der Waals surface area contributed by atoms with Gasteiger partial charge in [0.15, 0.2) is 0 Å². The van der Waals surface area contributed by atoms with Crippen LogP contribution < -0.4 is 5.73 Å². The van der Waals surface area contributed by atoms with Crippen molar-refractivity contribution >= 4 is 0 Å². The van der Waals surface area contributed by atoms with Gasteiger partial charge in [-0.2, -0.15) is 0 Å². The zero-order valence-electron chi connectivity index (χ0n) is 4.89. The normalized spacial score (nSPS) is 51.4. The Bertz CT molecular complexity index is 111. The molecule has 1 saturated carbocycles. The predicted octanol–water partition coefficient (Wildman–Crippen LogP) is 0.124. The fourth-order valence-corrected chi connectivity index (χ4v) is 1.61. The predicted molar refractivity (Wildman–Crippen MR) is 30.5 cm³/mol. The summed E-state index contributed by atoms with van der Waals surface area (Å²) in [5.41, 5.74) is 5.67. The lowest BCUT2D eigenvalue weighted by molar-refractivity contribution is 0.0725. The van der Waals surface area contributed by atoms with E-state index in [4.69, 9.17) is 10.5 Å². The average molecular weight is 113 g/mol. The molecule has 0 aromatic carbocycles. The van der Waals surface area contributed by atoms with Crippen LogP contribution in [-0.2, 0) is 4.74 Å². The molecule has 0 aromatic rings. The molecule has 1 aliphatic heterocycles. The molecule has 2 fully saturated rings. The maximum atomic E-state index is 5.48. The SMILES string of the molecule is NC[C@]12C[C@H]1CCO2. The molecule has 2 N–H and O–H groups in total. The Balaban J connectivity index is 2.08. The number of hydrogen-bond acceptors (Lipinski definition) is 2. The van der Waals surface area contributed by atoms with Gasteiger partial charge < -0.3 is 10.5 Å². The van der Waals surface area contributed by atoms with Gasteiger partial charge in [0.25, 0.3) is 0 Å². The highest BCUT2D eigenvalue weighted by atomic mass is 16.5. The lowest BCUT2D eigenvalue weighted by atomic mass is 10.2. The Labute approximate surface area is 49.0 Å². The quantitative estimate of drug-likeness (QED) is 0.524. The molecule has 8 heavy (non-hydrogen) atoms. The van der Waals surface area contributed by atoms with Crippen LogP contribution in [0.25, 0.3) is 0 Å². The first-order chi connectivity index (χ1) is 3.87. The van der Waals surface area contributed by atoms with Gasteiger partial charge in [0.2, 0.25) is 0 Å². The van der Waals surface area contributed by atoms with Crippen LogP contribution in [-0.4, -0.2) is 18.8 Å². The van der Waals surface area contributed by atoms with Crippen LogP contribution in [0.4, 0.5) is 0 Å². The summed E-state index contributed by atoms with van der Waals surface area (Å²) in [5, 5.41) is 0. The monoisotopic (exact) mass is 113 g/mol. The standard InChI is InChI=1S/C6H11NO/c7-4-6-3-5(6)1-2-8-6/h5H,1-4,7H2/t5-,6-/m1/s1. The third-order valence-electron chi connectivity index (χ3n) is 2.38. The smallest absolute Gasteiger partial charge is 0.0837 e. The fraction of sp³-hybridized carbons (Fsp3) is 1.00. The zero-order chi connectivity index (χ0) is 5.61. The first-order valence-corrected chi connectivity index (χ1v) is 3.21. The summed E-state index contributed by atoms with van der Waals surface area (Å²) in [6.07, 6.45) is 2.47. The van der Waals surface area contributed by atoms with Crippen LogP contribution in [0.3, 0.4) is 0 Å². The Kier molecular flexibility index (Phi) is 0.746. The number of ether oxygens (including phenoxy) is 1. The van der Waals surface area contributed by atoms with E-state index in [1.165, 1.54) is 12.8 Å². The highest BCUT2D eigenvalue weighted by Gasteiger charge is 2.57. The minimum Gasteiger partial charge on any atom is -0.373 e. The molecular weight excluding hydrogens is 102 g/mol. The first kappa shape index (κ1) is 4.77. The van der Waals surface area contributed by atoms with Crippen molar-refractivity contribution in [2.24, 2.45) is 11.7 Å². The first-order valence-electron chi connectivity index (χ1n) is 3.21. The van der Waals surface area contributed by atoms with E-state index in [2.05, 4.69) is 0 Å². The van der Waals surface area contributed by atoms with E-state index in [1.54, 1.807) is 0 Å². The zero-order valence-corrected chi connectivity index (χ0v) is 4.89. The number of nitrogens with two attached hydrogens (primary N) is 1. The molecule has 2 nitrogen and oxygen atoms in total. The van der Waals surface area contributed by atoms with Crippen molar-refractivity contribution in [2.75, 3.05) is 13.2 Å². The number of rotatable bonds is 1. The van der Waals surface area contributed by atoms with Crippen molar-refractivity contribution in [3.63, 3.8) is 0 Å². The van der Waals surface area contributed by atoms with Gasteiger partial charge in [-0.1, -0.05) is 0 Å². The second-order valence-electron chi connectivity index (χ2n) is 2.81. The van der Waals surface area contributed by atoms with Gasteiger partial charge in [-0.3, -0.25) is 0 Å². The van der Waals surface area contributed by atoms with E-state index in [0.29, 0.717) is 0 Å². The average Bonchev–Trinajstić information content (AvgIpc) is 2.38. The molecule has 0 radical (unpaired) electrons. The summed E-state index contributed by atoms with van der Waals surface area (Å²) in [4.78, 5) is 0. The maximum absolute atomic E-state index is 5.48. The lowest BCUT2D eigenvalue weighted by Crippen LogP contribution is -2.23. The van der Waals surface area contributed by atoms with Crippen molar-refractivity contribution < 1.29 is 4.74 Å². The van der Waals surface area contributed by atoms with Gasteiger partial charge in [-0.05, 0) is 18.8 Å². The van der Waals surface area contributed by atoms with Crippen LogP contribution in [0.15, 0.2) is 0 Å². The molecular formula is C6H11NO. The van der Waals surface area contributed by atoms with Gasteiger partial charge in [0.1, 0.15) is 0 Å². The molecule has 0 bridgehead atoms. The van der Waals surface area contributed by atoms with Crippen LogP contribution in [0, 0.1) is 5.92 Å². The Morgan fingerprint density at radius 3 is 2.88 bits per heavy atom. The van der Waals surface area contributed by atoms with Crippen molar-refractivity contribution in [1.29, 1.82) is 0 Å². The van der Waals surface area contributed by atoms with E-state index < -0.39 is 0 Å². The van der Waals surface area contributed by atoms with Crippen LogP contribution in [0.2, 0.25) is 0 Å². The summed E-state index contributed by atoms with van der Waals surface area (Å²) in [6, 6.07) is 0. The molecule has 46 valence electrons. The Morgan fingerprint density at radius 1 is 1.75 bits per heavy atom. The van der Waals surface area contributed by atoms with Gasteiger partial charge in [-0.25, -0.2) is 0 Å². The van der Waals surface area contributed by atoms with Crippen molar-refractivity contribution in [3.05, 3.63) is 0 Å². The van der Waals surface area contributed by atoms with E-state index in [-0.39, 0.29) is 5.60 Å². The summed E-state index contributed by atoms with van der Waals surface area (Å²) >= 11 is 0. The van der Waals surface area contributed by atoms with Gasteiger partial charge >= 0.3 is 0 Å². The molecule has 2 rings (SSSR count). The van der Waals surface area contributed by atoms with E-state index >= 15 is 0 Å². The molecule has 0 unspecified atom stereocenters. The molecule has 1 saturated heterocycles.